The topological polar surface area (TPSA) is 50.4 Å². The summed E-state index contributed by atoms with van der Waals surface area (Å²) in [7, 11) is 0. The number of carbonyl (C=O) groups is 1. The maximum atomic E-state index is 13.6. The first-order valence-electron chi connectivity index (χ1n) is 5.21. The third-order valence-corrected chi connectivity index (χ3v) is 3.14. The molecule has 84 valence electrons. The second kappa shape index (κ2) is 3.18. The van der Waals surface area contributed by atoms with Crippen molar-refractivity contribution in [1.29, 1.82) is 0 Å². The number of carbonyl (C=O) groups excluding carboxylic acids is 1. The standard InChI is InChI=1S/C11H11FN2O2/c12-8-3-1-2-7-9(8)14-10(15)16-11(7)4-5-13-6-11/h1-3,13H,4-6H2,(H,14,15). The highest BCUT2D eigenvalue weighted by molar-refractivity contribution is 5.89. The molecule has 2 aliphatic heterocycles. The highest BCUT2D eigenvalue weighted by Crippen LogP contribution is 2.41. The summed E-state index contributed by atoms with van der Waals surface area (Å²) in [6.07, 6.45) is 0.0953. The molecular weight excluding hydrogens is 211 g/mol. The Kier molecular flexibility index (Phi) is 1.91. The molecule has 1 aromatic rings. The molecule has 0 aliphatic carbocycles. The first kappa shape index (κ1) is 9.59. The fourth-order valence-corrected chi connectivity index (χ4v) is 2.38. The molecule has 4 nitrogen and oxygen atoms in total. The Morgan fingerprint density at radius 3 is 3.06 bits per heavy atom. The predicted octanol–water partition coefficient (Wildman–Crippen LogP) is 1.58. The van der Waals surface area contributed by atoms with Gasteiger partial charge in [-0.25, -0.2) is 9.18 Å². The second-order valence-corrected chi connectivity index (χ2v) is 4.10. The number of halogens is 1. The van der Waals surface area contributed by atoms with Gasteiger partial charge in [0.1, 0.15) is 5.82 Å². The van der Waals surface area contributed by atoms with Gasteiger partial charge in [0.25, 0.3) is 0 Å². The lowest BCUT2D eigenvalue weighted by Gasteiger charge is -2.34. The first-order chi connectivity index (χ1) is 7.71. The van der Waals surface area contributed by atoms with Crippen LogP contribution in [-0.2, 0) is 10.3 Å². The Balaban J connectivity index is 2.18. The van der Waals surface area contributed by atoms with Crippen molar-refractivity contribution in [3.63, 3.8) is 0 Å². The van der Waals surface area contributed by atoms with Gasteiger partial charge < -0.3 is 10.1 Å². The Hall–Kier alpha value is -1.62. The maximum absolute atomic E-state index is 13.6. The average molecular weight is 222 g/mol. The highest BCUT2D eigenvalue weighted by atomic mass is 19.1. The van der Waals surface area contributed by atoms with Crippen LogP contribution in [0, 0.1) is 5.82 Å². The lowest BCUT2D eigenvalue weighted by molar-refractivity contribution is 0.0273. The zero-order chi connectivity index (χ0) is 11.2. The summed E-state index contributed by atoms with van der Waals surface area (Å²) in [5, 5.41) is 5.55. The van der Waals surface area contributed by atoms with Crippen molar-refractivity contribution >= 4 is 11.8 Å². The minimum absolute atomic E-state index is 0.252. The Morgan fingerprint density at radius 1 is 1.44 bits per heavy atom. The van der Waals surface area contributed by atoms with Gasteiger partial charge in [0.15, 0.2) is 5.60 Å². The summed E-state index contributed by atoms with van der Waals surface area (Å²) >= 11 is 0. The van der Waals surface area contributed by atoms with Crippen molar-refractivity contribution in [3.05, 3.63) is 29.6 Å². The highest BCUT2D eigenvalue weighted by Gasteiger charge is 2.45. The van der Waals surface area contributed by atoms with E-state index in [4.69, 9.17) is 4.74 Å². The minimum Gasteiger partial charge on any atom is -0.436 e. The Bertz CT molecular complexity index is 455. The van der Waals surface area contributed by atoms with Crippen molar-refractivity contribution in [3.8, 4) is 0 Å². The fourth-order valence-electron chi connectivity index (χ4n) is 2.38. The van der Waals surface area contributed by atoms with Crippen LogP contribution in [-0.4, -0.2) is 19.2 Å². The van der Waals surface area contributed by atoms with E-state index in [0.29, 0.717) is 13.0 Å². The number of amides is 1. The molecule has 1 atom stereocenters. The summed E-state index contributed by atoms with van der Waals surface area (Å²) in [5.41, 5.74) is 0.277. The third-order valence-electron chi connectivity index (χ3n) is 3.14. The summed E-state index contributed by atoms with van der Waals surface area (Å²) < 4.78 is 18.9. The number of anilines is 1. The van der Waals surface area contributed by atoms with Crippen molar-refractivity contribution in [2.45, 2.75) is 12.0 Å². The average Bonchev–Trinajstić information content (AvgIpc) is 2.69. The van der Waals surface area contributed by atoms with Crippen LogP contribution in [0.15, 0.2) is 18.2 Å². The van der Waals surface area contributed by atoms with E-state index < -0.39 is 17.5 Å². The molecule has 2 N–H and O–H groups in total. The molecule has 1 aromatic carbocycles. The molecule has 1 fully saturated rings. The van der Waals surface area contributed by atoms with Crippen LogP contribution in [0.1, 0.15) is 12.0 Å². The van der Waals surface area contributed by atoms with E-state index in [1.54, 1.807) is 12.1 Å². The summed E-state index contributed by atoms with van der Waals surface area (Å²) in [5.74, 6) is -0.416. The van der Waals surface area contributed by atoms with E-state index in [0.717, 1.165) is 12.1 Å². The van der Waals surface area contributed by atoms with Crippen LogP contribution in [0.5, 0.6) is 0 Å². The van der Waals surface area contributed by atoms with Gasteiger partial charge in [-0.3, -0.25) is 5.32 Å². The number of ether oxygens (including phenoxy) is 1. The molecule has 1 unspecified atom stereocenters. The fraction of sp³-hybridized carbons (Fsp3) is 0.364. The van der Waals surface area contributed by atoms with Crippen molar-refractivity contribution in [2.75, 3.05) is 18.4 Å². The van der Waals surface area contributed by atoms with Crippen molar-refractivity contribution < 1.29 is 13.9 Å². The molecule has 16 heavy (non-hydrogen) atoms. The molecule has 0 aromatic heterocycles. The molecule has 1 spiro atoms. The summed E-state index contributed by atoms with van der Waals surface area (Å²) in [6.45, 7) is 1.31. The molecule has 3 rings (SSSR count). The van der Waals surface area contributed by atoms with E-state index in [1.165, 1.54) is 6.07 Å². The maximum Gasteiger partial charge on any atom is 0.412 e. The van der Waals surface area contributed by atoms with E-state index in [1.807, 2.05) is 0 Å². The van der Waals surface area contributed by atoms with Gasteiger partial charge in [-0.15, -0.1) is 0 Å². The largest absolute Gasteiger partial charge is 0.436 e. The van der Waals surface area contributed by atoms with Crippen LogP contribution in [0.2, 0.25) is 0 Å². The van der Waals surface area contributed by atoms with Crippen LogP contribution in [0.3, 0.4) is 0 Å². The molecule has 0 radical (unpaired) electrons. The smallest absolute Gasteiger partial charge is 0.412 e. The molecule has 0 bridgehead atoms. The van der Waals surface area contributed by atoms with E-state index in [2.05, 4.69) is 10.6 Å². The van der Waals surface area contributed by atoms with E-state index >= 15 is 0 Å². The molecule has 1 amide bonds. The van der Waals surface area contributed by atoms with Crippen LogP contribution < -0.4 is 10.6 Å². The Morgan fingerprint density at radius 2 is 2.31 bits per heavy atom. The quantitative estimate of drug-likeness (QED) is 0.700. The zero-order valence-corrected chi connectivity index (χ0v) is 8.55. The normalized spacial score (nSPS) is 27.4. The summed E-state index contributed by atoms with van der Waals surface area (Å²) in [4.78, 5) is 11.4. The lowest BCUT2D eigenvalue weighted by atomic mass is 9.90. The first-order valence-corrected chi connectivity index (χ1v) is 5.21. The summed E-state index contributed by atoms with van der Waals surface area (Å²) in [6, 6.07) is 4.76. The van der Waals surface area contributed by atoms with Gasteiger partial charge in [-0.2, -0.15) is 0 Å². The SMILES string of the molecule is O=C1Nc2c(F)cccc2C2(CCNC2)O1. The van der Waals surface area contributed by atoms with Gasteiger partial charge in [-0.05, 0) is 12.6 Å². The van der Waals surface area contributed by atoms with Crippen LogP contribution in [0.4, 0.5) is 14.9 Å². The molecule has 2 aliphatic rings. The van der Waals surface area contributed by atoms with E-state index in [9.17, 15) is 9.18 Å². The second-order valence-electron chi connectivity index (χ2n) is 4.10. The number of nitrogens with one attached hydrogen (secondary N) is 2. The molecule has 5 heteroatoms. The number of para-hydroxylation sites is 1. The predicted molar refractivity (Wildman–Crippen MR) is 55.7 cm³/mol. The van der Waals surface area contributed by atoms with Crippen LogP contribution >= 0.6 is 0 Å². The van der Waals surface area contributed by atoms with Crippen LogP contribution in [0.25, 0.3) is 0 Å². The molecule has 1 saturated heterocycles. The van der Waals surface area contributed by atoms with Gasteiger partial charge in [0, 0.05) is 18.5 Å². The number of hydrogen-bond acceptors (Lipinski definition) is 3. The molecule has 0 saturated carbocycles. The van der Waals surface area contributed by atoms with E-state index in [-0.39, 0.29) is 5.69 Å². The molecule has 2 heterocycles. The van der Waals surface area contributed by atoms with Crippen molar-refractivity contribution in [1.82, 2.24) is 5.32 Å². The third kappa shape index (κ3) is 1.21. The van der Waals surface area contributed by atoms with Crippen molar-refractivity contribution in [2.24, 2.45) is 0 Å². The minimum atomic E-state index is -0.695. The number of rotatable bonds is 0. The monoisotopic (exact) mass is 222 g/mol. The number of fused-ring (bicyclic) bond motifs is 2. The molecular formula is C11H11FN2O2. The zero-order valence-electron chi connectivity index (χ0n) is 8.55. The van der Waals surface area contributed by atoms with Gasteiger partial charge in [-0.1, -0.05) is 12.1 Å². The number of hydrogen-bond donors (Lipinski definition) is 2. The van der Waals surface area contributed by atoms with Gasteiger partial charge >= 0.3 is 6.09 Å². The number of benzene rings is 1. The van der Waals surface area contributed by atoms with Gasteiger partial charge in [0.05, 0.1) is 5.69 Å². The van der Waals surface area contributed by atoms with Gasteiger partial charge in [0.2, 0.25) is 0 Å². The Labute approximate surface area is 91.8 Å². The lowest BCUT2D eigenvalue weighted by Crippen LogP contribution is -2.41.